The average molecular weight is 421 g/mol. The number of halogens is 1. The molecule has 2 aromatic rings. The third kappa shape index (κ3) is 5.44. The minimum absolute atomic E-state index is 0.0939. The standard InChI is InChI=1S/C18H17BrN2O5/c1-24-8-9-25-18-11-16(21(22)23)14(6-7-20)10-17(18)26-12-13-2-4-15(19)5-3-13/h2-5,10-11H,6,8-9,12H2,1H3. The number of hydrogen-bond donors (Lipinski definition) is 0. The summed E-state index contributed by atoms with van der Waals surface area (Å²) in [6.45, 7) is 0.817. The van der Waals surface area contributed by atoms with Crippen LogP contribution in [0.15, 0.2) is 40.9 Å². The van der Waals surface area contributed by atoms with Crippen molar-refractivity contribution >= 4 is 21.6 Å². The van der Waals surface area contributed by atoms with Gasteiger partial charge in [0, 0.05) is 17.1 Å². The Bertz CT molecular complexity index is 802. The summed E-state index contributed by atoms with van der Waals surface area (Å²) >= 11 is 3.37. The van der Waals surface area contributed by atoms with Crippen LogP contribution in [0.2, 0.25) is 0 Å². The Morgan fingerprint density at radius 1 is 1.15 bits per heavy atom. The third-order valence-electron chi connectivity index (χ3n) is 3.46. The molecular formula is C18H17BrN2O5. The number of rotatable bonds is 9. The van der Waals surface area contributed by atoms with Gasteiger partial charge in [-0.3, -0.25) is 10.1 Å². The SMILES string of the molecule is COCCOc1cc([N+](=O)[O-])c(CC#N)cc1OCc1ccc(Br)cc1. The van der Waals surface area contributed by atoms with Crippen LogP contribution >= 0.6 is 15.9 Å². The highest BCUT2D eigenvalue weighted by molar-refractivity contribution is 9.10. The first-order chi connectivity index (χ1) is 12.5. The van der Waals surface area contributed by atoms with Gasteiger partial charge in [-0.2, -0.15) is 5.26 Å². The normalized spacial score (nSPS) is 10.2. The Morgan fingerprint density at radius 2 is 1.85 bits per heavy atom. The lowest BCUT2D eigenvalue weighted by molar-refractivity contribution is -0.385. The highest BCUT2D eigenvalue weighted by atomic mass is 79.9. The van der Waals surface area contributed by atoms with E-state index in [0.717, 1.165) is 10.0 Å². The van der Waals surface area contributed by atoms with Crippen LogP contribution in [0.1, 0.15) is 11.1 Å². The lowest BCUT2D eigenvalue weighted by Gasteiger charge is -2.14. The Hall–Kier alpha value is -2.63. The summed E-state index contributed by atoms with van der Waals surface area (Å²) in [5.41, 5.74) is 1.04. The predicted molar refractivity (Wildman–Crippen MR) is 98.3 cm³/mol. The maximum atomic E-state index is 11.3. The van der Waals surface area contributed by atoms with Crippen molar-refractivity contribution in [2.75, 3.05) is 20.3 Å². The van der Waals surface area contributed by atoms with E-state index < -0.39 is 4.92 Å². The summed E-state index contributed by atoms with van der Waals surface area (Å²) in [4.78, 5) is 10.7. The van der Waals surface area contributed by atoms with Crippen LogP contribution < -0.4 is 9.47 Å². The molecule has 0 radical (unpaired) electrons. The van der Waals surface area contributed by atoms with E-state index in [9.17, 15) is 10.1 Å². The second-order valence-corrected chi connectivity index (χ2v) is 6.19. The van der Waals surface area contributed by atoms with Gasteiger partial charge in [0.25, 0.3) is 5.69 Å². The lowest BCUT2D eigenvalue weighted by atomic mass is 10.1. The Labute approximate surface area is 159 Å². The van der Waals surface area contributed by atoms with Crippen LogP contribution in [0.4, 0.5) is 5.69 Å². The van der Waals surface area contributed by atoms with E-state index in [1.54, 1.807) is 0 Å². The number of methoxy groups -OCH3 is 1. The van der Waals surface area contributed by atoms with E-state index in [1.165, 1.54) is 19.2 Å². The molecule has 2 aromatic carbocycles. The van der Waals surface area contributed by atoms with E-state index in [2.05, 4.69) is 15.9 Å². The molecule has 0 amide bonds. The fourth-order valence-electron chi connectivity index (χ4n) is 2.19. The Balaban J connectivity index is 2.29. The number of hydrogen-bond acceptors (Lipinski definition) is 6. The van der Waals surface area contributed by atoms with E-state index in [4.69, 9.17) is 19.5 Å². The first-order valence-electron chi connectivity index (χ1n) is 7.72. The fourth-order valence-corrected chi connectivity index (χ4v) is 2.45. The summed E-state index contributed by atoms with van der Waals surface area (Å²) in [6, 6.07) is 12.3. The lowest BCUT2D eigenvalue weighted by Crippen LogP contribution is -2.07. The zero-order valence-electron chi connectivity index (χ0n) is 14.1. The maximum Gasteiger partial charge on any atom is 0.277 e. The van der Waals surface area contributed by atoms with Crippen molar-refractivity contribution in [2.24, 2.45) is 0 Å². The summed E-state index contributed by atoms with van der Waals surface area (Å²) in [5, 5.41) is 20.2. The third-order valence-corrected chi connectivity index (χ3v) is 3.99. The van der Waals surface area contributed by atoms with E-state index >= 15 is 0 Å². The van der Waals surface area contributed by atoms with Gasteiger partial charge in [-0.25, -0.2) is 0 Å². The molecule has 136 valence electrons. The second kappa shape index (κ2) is 9.75. The smallest absolute Gasteiger partial charge is 0.277 e. The monoisotopic (exact) mass is 420 g/mol. The molecule has 0 saturated carbocycles. The van der Waals surface area contributed by atoms with Crippen molar-refractivity contribution in [1.82, 2.24) is 0 Å². The zero-order valence-corrected chi connectivity index (χ0v) is 15.7. The summed E-state index contributed by atoms with van der Waals surface area (Å²) in [5.74, 6) is 0.590. The number of ether oxygens (including phenoxy) is 3. The molecule has 0 aliphatic carbocycles. The molecule has 2 rings (SSSR count). The van der Waals surface area contributed by atoms with E-state index in [1.807, 2.05) is 30.3 Å². The van der Waals surface area contributed by atoms with Crippen molar-refractivity contribution in [2.45, 2.75) is 13.0 Å². The number of nitro groups is 1. The van der Waals surface area contributed by atoms with Crippen LogP contribution in [0.3, 0.4) is 0 Å². The molecular weight excluding hydrogens is 404 g/mol. The minimum Gasteiger partial charge on any atom is -0.487 e. The van der Waals surface area contributed by atoms with E-state index in [-0.39, 0.29) is 36.6 Å². The molecule has 8 heteroatoms. The second-order valence-electron chi connectivity index (χ2n) is 5.28. The van der Waals surface area contributed by atoms with Gasteiger partial charge in [0.2, 0.25) is 0 Å². The summed E-state index contributed by atoms with van der Waals surface area (Å²) in [6.07, 6.45) is -0.0939. The molecule has 0 aromatic heterocycles. The van der Waals surface area contributed by atoms with Gasteiger partial charge in [0.05, 0.1) is 30.1 Å². The van der Waals surface area contributed by atoms with Crippen molar-refractivity contribution < 1.29 is 19.1 Å². The van der Waals surface area contributed by atoms with Gasteiger partial charge < -0.3 is 14.2 Å². The van der Waals surface area contributed by atoms with Crippen molar-refractivity contribution in [3.63, 3.8) is 0 Å². The molecule has 0 saturated heterocycles. The highest BCUT2D eigenvalue weighted by Gasteiger charge is 2.20. The van der Waals surface area contributed by atoms with Crippen molar-refractivity contribution in [3.8, 4) is 17.6 Å². The highest BCUT2D eigenvalue weighted by Crippen LogP contribution is 2.35. The molecule has 0 unspecified atom stereocenters. The Kier molecular flexibility index (Phi) is 7.38. The predicted octanol–water partition coefficient (Wildman–Crippen LogP) is 4.03. The summed E-state index contributed by atoms with van der Waals surface area (Å²) in [7, 11) is 1.53. The molecule has 0 aliphatic rings. The van der Waals surface area contributed by atoms with Gasteiger partial charge in [0.15, 0.2) is 11.5 Å². The first kappa shape index (κ1) is 19.7. The van der Waals surface area contributed by atoms with E-state index in [0.29, 0.717) is 12.4 Å². The molecule has 0 bridgehead atoms. The van der Waals surface area contributed by atoms with Gasteiger partial charge in [-0.05, 0) is 23.8 Å². The average Bonchev–Trinajstić information content (AvgIpc) is 2.62. The summed E-state index contributed by atoms with van der Waals surface area (Å²) < 4.78 is 17.3. The molecule has 0 fully saturated rings. The van der Waals surface area contributed by atoms with Gasteiger partial charge in [-0.15, -0.1) is 0 Å². The Morgan fingerprint density at radius 3 is 2.46 bits per heavy atom. The molecule has 7 nitrogen and oxygen atoms in total. The van der Waals surface area contributed by atoms with Crippen LogP contribution in [0.5, 0.6) is 11.5 Å². The minimum atomic E-state index is -0.533. The quantitative estimate of drug-likeness (QED) is 0.345. The molecule has 0 spiro atoms. The number of nitriles is 1. The fraction of sp³-hybridized carbons (Fsp3) is 0.278. The van der Waals surface area contributed by atoms with Crippen LogP contribution in [0.25, 0.3) is 0 Å². The topological polar surface area (TPSA) is 94.6 Å². The zero-order chi connectivity index (χ0) is 18.9. The van der Waals surface area contributed by atoms with Gasteiger partial charge >= 0.3 is 0 Å². The maximum absolute atomic E-state index is 11.3. The van der Waals surface area contributed by atoms with Crippen molar-refractivity contribution in [1.29, 1.82) is 5.26 Å². The number of nitrogens with zero attached hydrogens (tertiary/aromatic N) is 2. The van der Waals surface area contributed by atoms with Gasteiger partial charge in [0.1, 0.15) is 13.2 Å². The first-order valence-corrected chi connectivity index (χ1v) is 8.51. The van der Waals surface area contributed by atoms with Crippen LogP contribution in [-0.2, 0) is 17.8 Å². The van der Waals surface area contributed by atoms with Crippen LogP contribution in [-0.4, -0.2) is 25.2 Å². The molecule has 0 N–H and O–H groups in total. The van der Waals surface area contributed by atoms with Crippen LogP contribution in [0, 0.1) is 21.4 Å². The molecule has 0 heterocycles. The molecule has 0 aliphatic heterocycles. The van der Waals surface area contributed by atoms with Gasteiger partial charge in [-0.1, -0.05) is 28.1 Å². The molecule has 26 heavy (non-hydrogen) atoms. The number of nitro benzene ring substituents is 1. The molecule has 0 atom stereocenters. The number of benzene rings is 2. The van der Waals surface area contributed by atoms with Crippen molar-refractivity contribution in [3.05, 3.63) is 62.1 Å². The largest absolute Gasteiger partial charge is 0.487 e.